The summed E-state index contributed by atoms with van der Waals surface area (Å²) in [5.74, 6) is -0.207. The zero-order chi connectivity index (χ0) is 17.2. The van der Waals surface area contributed by atoms with E-state index in [9.17, 15) is 9.59 Å². The van der Waals surface area contributed by atoms with Crippen molar-refractivity contribution >= 4 is 17.5 Å². The smallest absolute Gasteiger partial charge is 0.254 e. The standard InChI is InChI=1S/C20H20N2O3/c23-19(21-17-5-2-1-3-6-17)18-7-4-10-22(18)20(24)14-8-9-15-12-25-13-16(15)11-14/h1-3,5-6,8-9,11,18H,4,7,10,12-13H2,(H,21,23)/t18-/m1/s1. The zero-order valence-electron chi connectivity index (χ0n) is 13.9. The molecule has 0 bridgehead atoms. The predicted octanol–water partition coefficient (Wildman–Crippen LogP) is 2.96. The number of carbonyl (C=O) groups is 2. The number of ether oxygens (including phenoxy) is 1. The van der Waals surface area contributed by atoms with Gasteiger partial charge in [-0.2, -0.15) is 0 Å². The van der Waals surface area contributed by atoms with E-state index in [1.165, 1.54) is 0 Å². The second kappa shape index (κ2) is 6.69. The molecule has 2 amide bonds. The number of hydrogen-bond acceptors (Lipinski definition) is 3. The number of anilines is 1. The van der Waals surface area contributed by atoms with Gasteiger partial charge in [-0.15, -0.1) is 0 Å². The first-order valence-electron chi connectivity index (χ1n) is 8.59. The summed E-state index contributed by atoms with van der Waals surface area (Å²) in [5, 5.41) is 2.91. The van der Waals surface area contributed by atoms with Crippen LogP contribution in [0.1, 0.15) is 34.3 Å². The average Bonchev–Trinajstić information content (AvgIpc) is 3.30. The van der Waals surface area contributed by atoms with E-state index < -0.39 is 6.04 Å². The van der Waals surface area contributed by atoms with Crippen LogP contribution in [0.25, 0.3) is 0 Å². The predicted molar refractivity (Wildman–Crippen MR) is 94.1 cm³/mol. The van der Waals surface area contributed by atoms with Crippen LogP contribution in [0.4, 0.5) is 5.69 Å². The van der Waals surface area contributed by atoms with Crippen LogP contribution < -0.4 is 5.32 Å². The first-order chi connectivity index (χ1) is 12.2. The van der Waals surface area contributed by atoms with Crippen LogP contribution in [0, 0.1) is 0 Å². The fourth-order valence-electron chi connectivity index (χ4n) is 3.50. The summed E-state index contributed by atoms with van der Waals surface area (Å²) in [6.07, 6.45) is 1.53. The molecule has 5 heteroatoms. The quantitative estimate of drug-likeness (QED) is 0.937. The van der Waals surface area contributed by atoms with Crippen molar-refractivity contribution in [3.8, 4) is 0 Å². The number of para-hydroxylation sites is 1. The van der Waals surface area contributed by atoms with Crippen molar-refractivity contribution < 1.29 is 14.3 Å². The van der Waals surface area contributed by atoms with Gasteiger partial charge in [-0.25, -0.2) is 0 Å². The Morgan fingerprint density at radius 2 is 1.84 bits per heavy atom. The average molecular weight is 336 g/mol. The van der Waals surface area contributed by atoms with Crippen LogP contribution in [-0.4, -0.2) is 29.3 Å². The lowest BCUT2D eigenvalue weighted by atomic mass is 10.1. The van der Waals surface area contributed by atoms with Crippen LogP contribution in [0.3, 0.4) is 0 Å². The first kappa shape index (κ1) is 15.8. The van der Waals surface area contributed by atoms with Gasteiger partial charge in [0.25, 0.3) is 5.91 Å². The molecule has 0 aliphatic carbocycles. The van der Waals surface area contributed by atoms with Gasteiger partial charge in [0.15, 0.2) is 0 Å². The Morgan fingerprint density at radius 1 is 1.04 bits per heavy atom. The highest BCUT2D eigenvalue weighted by atomic mass is 16.5. The molecule has 2 heterocycles. The third-order valence-electron chi connectivity index (χ3n) is 4.83. The highest BCUT2D eigenvalue weighted by Crippen LogP contribution is 2.25. The summed E-state index contributed by atoms with van der Waals surface area (Å²) in [4.78, 5) is 27.2. The molecule has 2 aliphatic heterocycles. The van der Waals surface area contributed by atoms with Crippen LogP contribution in [-0.2, 0) is 22.7 Å². The molecule has 4 rings (SSSR count). The molecule has 2 aliphatic rings. The number of nitrogens with one attached hydrogen (secondary N) is 1. The van der Waals surface area contributed by atoms with Gasteiger partial charge in [-0.1, -0.05) is 24.3 Å². The minimum absolute atomic E-state index is 0.0830. The number of nitrogens with zero attached hydrogens (tertiary/aromatic N) is 1. The Bertz CT molecular complexity index is 804. The number of benzene rings is 2. The molecule has 1 fully saturated rings. The van der Waals surface area contributed by atoms with Crippen molar-refractivity contribution in [3.63, 3.8) is 0 Å². The van der Waals surface area contributed by atoms with Crippen molar-refractivity contribution in [1.29, 1.82) is 0 Å². The molecule has 0 spiro atoms. The molecule has 1 atom stereocenters. The first-order valence-corrected chi connectivity index (χ1v) is 8.59. The van der Waals surface area contributed by atoms with Gasteiger partial charge >= 0.3 is 0 Å². The van der Waals surface area contributed by atoms with Crippen LogP contribution in [0.15, 0.2) is 48.5 Å². The molecule has 2 aromatic rings. The van der Waals surface area contributed by atoms with Gasteiger partial charge < -0.3 is 15.0 Å². The van der Waals surface area contributed by atoms with Crippen molar-refractivity contribution in [1.82, 2.24) is 4.90 Å². The maximum absolute atomic E-state index is 12.9. The third kappa shape index (κ3) is 3.15. The summed E-state index contributed by atoms with van der Waals surface area (Å²) < 4.78 is 5.41. The Balaban J connectivity index is 1.51. The Kier molecular flexibility index (Phi) is 4.24. The Labute approximate surface area is 146 Å². The lowest BCUT2D eigenvalue weighted by Crippen LogP contribution is -2.43. The summed E-state index contributed by atoms with van der Waals surface area (Å²) in [6.45, 7) is 1.77. The number of fused-ring (bicyclic) bond motifs is 1. The number of hydrogen-bond donors (Lipinski definition) is 1. The topological polar surface area (TPSA) is 58.6 Å². The second-order valence-corrected chi connectivity index (χ2v) is 6.49. The summed E-state index contributed by atoms with van der Waals surface area (Å²) in [7, 11) is 0. The highest BCUT2D eigenvalue weighted by Gasteiger charge is 2.34. The molecule has 0 aromatic heterocycles. The Morgan fingerprint density at radius 3 is 2.68 bits per heavy atom. The summed E-state index contributed by atoms with van der Waals surface area (Å²) in [5.41, 5.74) is 3.58. The van der Waals surface area contributed by atoms with Crippen molar-refractivity contribution in [2.75, 3.05) is 11.9 Å². The normalized spacial score (nSPS) is 18.9. The number of rotatable bonds is 3. The van der Waals surface area contributed by atoms with E-state index in [0.717, 1.165) is 23.2 Å². The molecule has 1 N–H and O–H groups in total. The molecule has 128 valence electrons. The van der Waals surface area contributed by atoms with E-state index in [4.69, 9.17) is 4.74 Å². The number of carbonyl (C=O) groups excluding carboxylic acids is 2. The molecular formula is C20H20N2O3. The molecule has 0 radical (unpaired) electrons. The van der Waals surface area contributed by atoms with Gasteiger partial charge in [0.05, 0.1) is 13.2 Å². The van der Waals surface area contributed by atoms with Crippen molar-refractivity contribution in [2.45, 2.75) is 32.1 Å². The number of likely N-dealkylation sites (tertiary alicyclic amines) is 1. The van der Waals surface area contributed by atoms with E-state index in [2.05, 4.69) is 5.32 Å². The van der Waals surface area contributed by atoms with E-state index in [0.29, 0.717) is 31.7 Å². The van der Waals surface area contributed by atoms with E-state index >= 15 is 0 Å². The summed E-state index contributed by atoms with van der Waals surface area (Å²) in [6, 6.07) is 14.6. The molecule has 25 heavy (non-hydrogen) atoms. The molecule has 2 aromatic carbocycles. The van der Waals surface area contributed by atoms with Crippen LogP contribution in [0.2, 0.25) is 0 Å². The van der Waals surface area contributed by atoms with Crippen LogP contribution >= 0.6 is 0 Å². The highest BCUT2D eigenvalue weighted by molar-refractivity contribution is 6.01. The maximum Gasteiger partial charge on any atom is 0.254 e. The third-order valence-corrected chi connectivity index (χ3v) is 4.83. The molecule has 1 saturated heterocycles. The summed E-state index contributed by atoms with van der Waals surface area (Å²) >= 11 is 0. The molecular weight excluding hydrogens is 316 g/mol. The minimum Gasteiger partial charge on any atom is -0.372 e. The van der Waals surface area contributed by atoms with Gasteiger partial charge in [0.1, 0.15) is 6.04 Å². The Hall–Kier alpha value is -2.66. The van der Waals surface area contributed by atoms with Gasteiger partial charge in [-0.3, -0.25) is 9.59 Å². The number of amides is 2. The van der Waals surface area contributed by atoms with E-state index in [1.54, 1.807) is 4.90 Å². The van der Waals surface area contributed by atoms with Crippen molar-refractivity contribution in [2.24, 2.45) is 0 Å². The molecule has 0 saturated carbocycles. The lowest BCUT2D eigenvalue weighted by Gasteiger charge is -2.24. The largest absolute Gasteiger partial charge is 0.372 e. The van der Waals surface area contributed by atoms with Crippen molar-refractivity contribution in [3.05, 3.63) is 65.2 Å². The van der Waals surface area contributed by atoms with E-state index in [1.807, 2.05) is 48.5 Å². The minimum atomic E-state index is -0.419. The van der Waals surface area contributed by atoms with Crippen LogP contribution in [0.5, 0.6) is 0 Å². The SMILES string of the molecule is O=C(Nc1ccccc1)[C@H]1CCCN1C(=O)c1ccc2c(c1)COC2. The zero-order valence-corrected chi connectivity index (χ0v) is 13.9. The van der Waals surface area contributed by atoms with Gasteiger partial charge in [0, 0.05) is 17.8 Å². The fourth-order valence-corrected chi connectivity index (χ4v) is 3.50. The monoisotopic (exact) mass is 336 g/mol. The molecule has 0 unspecified atom stereocenters. The fraction of sp³-hybridized carbons (Fsp3) is 0.300. The molecule has 5 nitrogen and oxygen atoms in total. The van der Waals surface area contributed by atoms with Gasteiger partial charge in [0.2, 0.25) is 5.91 Å². The maximum atomic E-state index is 12.9. The second-order valence-electron chi connectivity index (χ2n) is 6.49. The lowest BCUT2D eigenvalue weighted by molar-refractivity contribution is -0.119. The van der Waals surface area contributed by atoms with E-state index in [-0.39, 0.29) is 11.8 Å². The van der Waals surface area contributed by atoms with Gasteiger partial charge in [-0.05, 0) is 48.2 Å².